The highest BCUT2D eigenvalue weighted by Crippen LogP contribution is 1.99. The predicted molar refractivity (Wildman–Crippen MR) is 73.8 cm³/mol. The van der Waals surface area contributed by atoms with Gasteiger partial charge in [0.2, 0.25) is 0 Å². The van der Waals surface area contributed by atoms with Crippen LogP contribution in [0.3, 0.4) is 0 Å². The molecule has 0 radical (unpaired) electrons. The first-order chi connectivity index (χ1) is 10.1. The molecule has 0 saturated heterocycles. The van der Waals surface area contributed by atoms with E-state index in [0.717, 1.165) is 18.7 Å². The number of nitrogens with one attached hydrogen (secondary N) is 1. The summed E-state index contributed by atoms with van der Waals surface area (Å²) in [5, 5.41) is 19.4. The molecule has 0 spiro atoms. The SMILES string of the molecule is Cc1ccnn1CCCNC(=O)c1cnn(CC(=O)O)c1. The van der Waals surface area contributed by atoms with Crippen LogP contribution in [0, 0.1) is 6.92 Å². The molecule has 0 aliphatic rings. The Bertz CT molecular complexity index is 631. The Labute approximate surface area is 121 Å². The lowest BCUT2D eigenvalue weighted by Crippen LogP contribution is -2.25. The number of rotatable bonds is 7. The second-order valence-electron chi connectivity index (χ2n) is 4.63. The number of carbonyl (C=O) groups excluding carboxylic acids is 1. The van der Waals surface area contributed by atoms with Crippen molar-refractivity contribution in [3.05, 3.63) is 35.9 Å². The van der Waals surface area contributed by atoms with Gasteiger partial charge in [-0.3, -0.25) is 19.0 Å². The summed E-state index contributed by atoms with van der Waals surface area (Å²) >= 11 is 0. The number of aryl methyl sites for hydroxylation is 2. The summed E-state index contributed by atoms with van der Waals surface area (Å²) in [7, 11) is 0. The zero-order valence-electron chi connectivity index (χ0n) is 11.7. The summed E-state index contributed by atoms with van der Waals surface area (Å²) in [5.41, 5.74) is 1.43. The molecule has 2 aromatic rings. The molecule has 8 heteroatoms. The van der Waals surface area contributed by atoms with Crippen molar-refractivity contribution in [1.82, 2.24) is 24.9 Å². The average molecular weight is 291 g/mol. The molecule has 112 valence electrons. The van der Waals surface area contributed by atoms with Crippen molar-refractivity contribution in [2.75, 3.05) is 6.54 Å². The minimum Gasteiger partial charge on any atom is -0.480 e. The molecular weight excluding hydrogens is 274 g/mol. The molecule has 2 rings (SSSR count). The summed E-state index contributed by atoms with van der Waals surface area (Å²) in [6.07, 6.45) is 5.28. The monoisotopic (exact) mass is 291 g/mol. The molecule has 8 nitrogen and oxygen atoms in total. The Hall–Kier alpha value is -2.64. The third-order valence-corrected chi connectivity index (χ3v) is 2.95. The van der Waals surface area contributed by atoms with E-state index in [1.165, 1.54) is 17.1 Å². The zero-order chi connectivity index (χ0) is 15.2. The maximum absolute atomic E-state index is 11.8. The lowest BCUT2D eigenvalue weighted by atomic mass is 10.3. The van der Waals surface area contributed by atoms with E-state index < -0.39 is 5.97 Å². The molecular formula is C13H17N5O3. The summed E-state index contributed by atoms with van der Waals surface area (Å²) in [5.74, 6) is -1.26. The van der Waals surface area contributed by atoms with Gasteiger partial charge >= 0.3 is 5.97 Å². The molecule has 0 fully saturated rings. The number of carbonyl (C=O) groups is 2. The standard InChI is InChI=1S/C13H17N5O3/c1-10-3-5-15-18(10)6-2-4-14-13(21)11-7-16-17(8-11)9-12(19)20/h3,5,7-8H,2,4,6,9H2,1H3,(H,14,21)(H,19,20). The van der Waals surface area contributed by atoms with Gasteiger partial charge in [-0.05, 0) is 19.4 Å². The first-order valence-corrected chi connectivity index (χ1v) is 6.57. The normalized spacial score (nSPS) is 10.5. The number of hydrogen-bond acceptors (Lipinski definition) is 4. The minimum absolute atomic E-state index is 0.258. The lowest BCUT2D eigenvalue weighted by Gasteiger charge is -2.05. The van der Waals surface area contributed by atoms with Crippen LogP contribution in [0.4, 0.5) is 0 Å². The highest BCUT2D eigenvalue weighted by atomic mass is 16.4. The van der Waals surface area contributed by atoms with Crippen molar-refractivity contribution in [3.63, 3.8) is 0 Å². The Morgan fingerprint density at radius 3 is 2.86 bits per heavy atom. The van der Waals surface area contributed by atoms with Gasteiger partial charge in [0.25, 0.3) is 5.91 Å². The molecule has 0 bridgehead atoms. The number of carboxylic acids is 1. The first kappa shape index (κ1) is 14.8. The maximum atomic E-state index is 11.8. The molecule has 2 aromatic heterocycles. The van der Waals surface area contributed by atoms with Crippen LogP contribution >= 0.6 is 0 Å². The lowest BCUT2D eigenvalue weighted by molar-refractivity contribution is -0.137. The van der Waals surface area contributed by atoms with Gasteiger partial charge in [-0.15, -0.1) is 0 Å². The highest BCUT2D eigenvalue weighted by Gasteiger charge is 2.09. The topological polar surface area (TPSA) is 102 Å². The molecule has 0 aliphatic heterocycles. The second kappa shape index (κ2) is 6.69. The Morgan fingerprint density at radius 1 is 1.38 bits per heavy atom. The molecule has 1 amide bonds. The fraction of sp³-hybridized carbons (Fsp3) is 0.385. The van der Waals surface area contributed by atoms with Gasteiger partial charge in [0.15, 0.2) is 0 Å². The van der Waals surface area contributed by atoms with Crippen molar-refractivity contribution in [3.8, 4) is 0 Å². The molecule has 0 unspecified atom stereocenters. The minimum atomic E-state index is -1.00. The fourth-order valence-electron chi connectivity index (χ4n) is 1.87. The third kappa shape index (κ3) is 4.16. The Morgan fingerprint density at radius 2 is 2.19 bits per heavy atom. The van der Waals surface area contributed by atoms with Crippen LogP contribution in [-0.4, -0.2) is 43.1 Å². The van der Waals surface area contributed by atoms with Crippen molar-refractivity contribution < 1.29 is 14.7 Å². The molecule has 0 aliphatic carbocycles. The summed E-state index contributed by atoms with van der Waals surface area (Å²) in [6.45, 7) is 2.97. The number of nitrogens with zero attached hydrogens (tertiary/aromatic N) is 4. The number of aromatic nitrogens is 4. The van der Waals surface area contributed by atoms with Crippen molar-refractivity contribution in [2.45, 2.75) is 26.4 Å². The van der Waals surface area contributed by atoms with E-state index in [9.17, 15) is 9.59 Å². The van der Waals surface area contributed by atoms with E-state index in [4.69, 9.17) is 5.11 Å². The van der Waals surface area contributed by atoms with Gasteiger partial charge in [0, 0.05) is 31.2 Å². The van der Waals surface area contributed by atoms with Crippen LogP contribution in [0.25, 0.3) is 0 Å². The van der Waals surface area contributed by atoms with Crippen molar-refractivity contribution >= 4 is 11.9 Å². The van der Waals surface area contributed by atoms with Crippen LogP contribution in [0.1, 0.15) is 22.5 Å². The fourth-order valence-corrected chi connectivity index (χ4v) is 1.87. The van der Waals surface area contributed by atoms with Crippen LogP contribution in [0.2, 0.25) is 0 Å². The summed E-state index contributed by atoms with van der Waals surface area (Å²) < 4.78 is 3.08. The smallest absolute Gasteiger partial charge is 0.325 e. The first-order valence-electron chi connectivity index (χ1n) is 6.57. The maximum Gasteiger partial charge on any atom is 0.325 e. The van der Waals surface area contributed by atoms with Crippen LogP contribution in [0.5, 0.6) is 0 Å². The quantitative estimate of drug-likeness (QED) is 0.714. The van der Waals surface area contributed by atoms with Crippen molar-refractivity contribution in [2.24, 2.45) is 0 Å². The van der Waals surface area contributed by atoms with Gasteiger partial charge in [0.05, 0.1) is 11.8 Å². The van der Waals surface area contributed by atoms with E-state index in [0.29, 0.717) is 12.1 Å². The van der Waals surface area contributed by atoms with E-state index in [2.05, 4.69) is 15.5 Å². The van der Waals surface area contributed by atoms with E-state index in [1.807, 2.05) is 17.7 Å². The number of carboxylic acid groups (broad SMARTS) is 1. The third-order valence-electron chi connectivity index (χ3n) is 2.95. The number of aliphatic carboxylic acids is 1. The van der Waals surface area contributed by atoms with E-state index >= 15 is 0 Å². The summed E-state index contributed by atoms with van der Waals surface area (Å²) in [4.78, 5) is 22.4. The largest absolute Gasteiger partial charge is 0.480 e. The van der Waals surface area contributed by atoms with Gasteiger partial charge in [-0.2, -0.15) is 10.2 Å². The number of hydrogen-bond donors (Lipinski definition) is 2. The van der Waals surface area contributed by atoms with Crippen molar-refractivity contribution in [1.29, 1.82) is 0 Å². The van der Waals surface area contributed by atoms with Crippen LogP contribution < -0.4 is 5.32 Å². The van der Waals surface area contributed by atoms with Gasteiger partial charge < -0.3 is 10.4 Å². The Kier molecular flexibility index (Phi) is 4.70. The molecule has 0 saturated carbocycles. The van der Waals surface area contributed by atoms with Crippen LogP contribution in [0.15, 0.2) is 24.7 Å². The molecule has 2 heterocycles. The molecule has 2 N–H and O–H groups in total. The van der Waals surface area contributed by atoms with E-state index in [-0.39, 0.29) is 12.5 Å². The molecule has 21 heavy (non-hydrogen) atoms. The van der Waals surface area contributed by atoms with Gasteiger partial charge in [0.1, 0.15) is 6.54 Å². The predicted octanol–water partition coefficient (Wildman–Crippen LogP) is 0.293. The van der Waals surface area contributed by atoms with Gasteiger partial charge in [-0.25, -0.2) is 0 Å². The average Bonchev–Trinajstić information content (AvgIpc) is 3.03. The summed E-state index contributed by atoms with van der Waals surface area (Å²) in [6, 6.07) is 1.93. The molecule has 0 aromatic carbocycles. The Balaban J connectivity index is 1.75. The zero-order valence-corrected chi connectivity index (χ0v) is 11.7. The van der Waals surface area contributed by atoms with Crippen LogP contribution in [-0.2, 0) is 17.9 Å². The van der Waals surface area contributed by atoms with Gasteiger partial charge in [-0.1, -0.05) is 0 Å². The molecule has 0 atom stereocenters. The number of amides is 1. The highest BCUT2D eigenvalue weighted by molar-refractivity contribution is 5.93. The van der Waals surface area contributed by atoms with E-state index in [1.54, 1.807) is 6.20 Å². The second-order valence-corrected chi connectivity index (χ2v) is 4.63.